The number of rotatable bonds is 7. The van der Waals surface area contributed by atoms with Crippen LogP contribution < -0.4 is 11.1 Å². The van der Waals surface area contributed by atoms with Crippen molar-refractivity contribution in [2.24, 2.45) is 5.73 Å². The maximum Gasteiger partial charge on any atom is 0.263 e. The number of hydrogen-bond donors (Lipinski definition) is 2. The number of carbonyl (C=O) groups excluding carboxylic acids is 1. The molecule has 9 heteroatoms. The third-order valence-electron chi connectivity index (χ3n) is 6.62. The minimum atomic E-state index is -2.47. The summed E-state index contributed by atoms with van der Waals surface area (Å²) in [6, 6.07) is 16.2. The largest absolute Gasteiger partial charge is 0.388 e. The highest BCUT2D eigenvalue weighted by molar-refractivity contribution is 5.76. The van der Waals surface area contributed by atoms with Crippen LogP contribution in [0.3, 0.4) is 0 Å². The van der Waals surface area contributed by atoms with E-state index >= 15 is 0 Å². The fourth-order valence-electron chi connectivity index (χ4n) is 4.63. The van der Waals surface area contributed by atoms with Crippen LogP contribution >= 0.6 is 0 Å². The van der Waals surface area contributed by atoms with Crippen LogP contribution in [0.15, 0.2) is 73.3 Å². The summed E-state index contributed by atoms with van der Waals surface area (Å²) in [5.41, 5.74) is 12.6. The molecule has 1 aliphatic rings. The summed E-state index contributed by atoms with van der Waals surface area (Å²) in [5, 5.41) is 3.25. The van der Waals surface area contributed by atoms with Crippen molar-refractivity contribution in [3.63, 3.8) is 0 Å². The minimum absolute atomic E-state index is 0.0154. The van der Waals surface area contributed by atoms with Crippen molar-refractivity contribution < 1.29 is 13.6 Å². The zero-order valence-corrected chi connectivity index (χ0v) is 22.2. The van der Waals surface area contributed by atoms with Gasteiger partial charge in [-0.15, -0.1) is 0 Å². The number of nitrogens with zero attached hydrogens (tertiary/aromatic N) is 4. The predicted molar refractivity (Wildman–Crippen MR) is 150 cm³/mol. The molecule has 1 unspecified atom stereocenters. The van der Waals surface area contributed by atoms with Gasteiger partial charge in [-0.3, -0.25) is 14.7 Å². The van der Waals surface area contributed by atoms with Gasteiger partial charge in [0.25, 0.3) is 6.43 Å². The first-order chi connectivity index (χ1) is 18.8. The van der Waals surface area contributed by atoms with Crippen LogP contribution in [0.2, 0.25) is 0 Å². The Balaban J connectivity index is 0.000000187. The SMILES string of the molecule is CNc1cc(CN2CCCC(N)C2)cc(-n2cnc(C)c2)c1.O=Cc1cc(-c2ccc(C(F)F)cc2)ccn1. The average molecular weight is 533 g/mol. The van der Waals surface area contributed by atoms with E-state index in [1.165, 1.54) is 30.3 Å². The molecule has 0 bridgehead atoms. The Kier molecular flexibility index (Phi) is 9.51. The number of aryl methyl sites for hydroxylation is 1. The minimum Gasteiger partial charge on any atom is -0.388 e. The Hall–Kier alpha value is -3.95. The van der Waals surface area contributed by atoms with Gasteiger partial charge in [-0.2, -0.15) is 0 Å². The summed E-state index contributed by atoms with van der Waals surface area (Å²) in [6.45, 7) is 5.08. The molecule has 5 rings (SSSR count). The molecule has 0 aliphatic carbocycles. The summed E-state index contributed by atoms with van der Waals surface area (Å²) in [4.78, 5) is 21.2. The van der Waals surface area contributed by atoms with Crippen molar-refractivity contribution in [2.45, 2.75) is 38.8 Å². The molecule has 1 atom stereocenters. The van der Waals surface area contributed by atoms with E-state index in [0.29, 0.717) is 18.0 Å². The van der Waals surface area contributed by atoms with Crippen LogP contribution in [0.1, 0.15) is 46.6 Å². The van der Waals surface area contributed by atoms with E-state index in [1.807, 2.05) is 20.3 Å². The second-order valence-corrected chi connectivity index (χ2v) is 9.71. The molecule has 204 valence electrons. The number of halogens is 2. The molecule has 0 amide bonds. The Labute approximate surface area is 227 Å². The second kappa shape index (κ2) is 13.2. The molecule has 2 aromatic carbocycles. The van der Waals surface area contributed by atoms with Gasteiger partial charge in [0, 0.05) is 55.5 Å². The van der Waals surface area contributed by atoms with Gasteiger partial charge < -0.3 is 15.6 Å². The molecule has 3 heterocycles. The number of aromatic nitrogens is 3. The Morgan fingerprint density at radius 2 is 1.90 bits per heavy atom. The number of nitrogens with two attached hydrogens (primary N) is 1. The number of piperidine rings is 1. The van der Waals surface area contributed by atoms with E-state index < -0.39 is 6.43 Å². The Morgan fingerprint density at radius 1 is 1.10 bits per heavy atom. The highest BCUT2D eigenvalue weighted by atomic mass is 19.3. The lowest BCUT2D eigenvalue weighted by Gasteiger charge is -2.30. The van der Waals surface area contributed by atoms with Crippen LogP contribution in [0.5, 0.6) is 0 Å². The van der Waals surface area contributed by atoms with Crippen molar-refractivity contribution >= 4 is 12.0 Å². The summed E-state index contributed by atoms with van der Waals surface area (Å²) < 4.78 is 26.8. The molecule has 1 saturated heterocycles. The van der Waals surface area contributed by atoms with Crippen LogP contribution in [0.25, 0.3) is 16.8 Å². The number of nitrogens with one attached hydrogen (secondary N) is 1. The van der Waals surface area contributed by atoms with Gasteiger partial charge in [-0.1, -0.05) is 24.3 Å². The molecule has 1 aliphatic heterocycles. The van der Waals surface area contributed by atoms with E-state index in [0.717, 1.165) is 54.3 Å². The number of aldehydes is 1. The predicted octanol–water partition coefficient (Wildman–Crippen LogP) is 5.64. The van der Waals surface area contributed by atoms with Gasteiger partial charge >= 0.3 is 0 Å². The summed E-state index contributed by atoms with van der Waals surface area (Å²) in [5.74, 6) is 0. The van der Waals surface area contributed by atoms with Crippen molar-refractivity contribution in [3.8, 4) is 16.8 Å². The normalized spacial score (nSPS) is 15.5. The highest BCUT2D eigenvalue weighted by Crippen LogP contribution is 2.24. The number of anilines is 1. The second-order valence-electron chi connectivity index (χ2n) is 9.71. The highest BCUT2D eigenvalue weighted by Gasteiger charge is 2.17. The number of pyridine rings is 1. The molecule has 0 spiro atoms. The maximum atomic E-state index is 12.4. The van der Waals surface area contributed by atoms with Crippen molar-refractivity contribution in [1.29, 1.82) is 0 Å². The molecule has 3 N–H and O–H groups in total. The first-order valence-electron chi connectivity index (χ1n) is 12.9. The van der Waals surface area contributed by atoms with Gasteiger partial charge in [0.05, 0.1) is 12.0 Å². The third-order valence-corrected chi connectivity index (χ3v) is 6.62. The topological polar surface area (TPSA) is 89.1 Å². The molecule has 4 aromatic rings. The number of imidazole rings is 1. The lowest BCUT2D eigenvalue weighted by molar-refractivity contribution is 0.111. The van der Waals surface area contributed by atoms with E-state index in [-0.39, 0.29) is 5.56 Å². The van der Waals surface area contributed by atoms with Crippen LogP contribution in [0.4, 0.5) is 14.5 Å². The monoisotopic (exact) mass is 532 g/mol. The molecule has 0 saturated carbocycles. The van der Waals surface area contributed by atoms with E-state index in [2.05, 4.69) is 49.1 Å². The summed E-state index contributed by atoms with van der Waals surface area (Å²) in [7, 11) is 1.96. The standard InChI is InChI=1S/C17H25N5.C13H9F2NO/c1-13-9-22(12-20-13)17-7-14(6-16(8-17)19-2)10-21-5-3-4-15(18)11-21;14-13(15)10-3-1-9(2-4-10)11-5-6-16-12(7-11)8-17/h6-9,12,15,19H,3-5,10-11,18H2,1-2H3;1-8,13H. The van der Waals surface area contributed by atoms with Gasteiger partial charge in [-0.05, 0) is 73.3 Å². The Bertz CT molecular complexity index is 1370. The maximum absolute atomic E-state index is 12.4. The van der Waals surface area contributed by atoms with Crippen LogP contribution in [-0.4, -0.2) is 51.9 Å². The van der Waals surface area contributed by atoms with E-state index in [4.69, 9.17) is 5.73 Å². The van der Waals surface area contributed by atoms with Crippen LogP contribution in [-0.2, 0) is 6.54 Å². The molecular weight excluding hydrogens is 498 g/mol. The number of benzene rings is 2. The number of carbonyl (C=O) groups is 1. The van der Waals surface area contributed by atoms with Gasteiger partial charge in [0.15, 0.2) is 6.29 Å². The molecule has 1 fully saturated rings. The van der Waals surface area contributed by atoms with Crippen LogP contribution in [0, 0.1) is 6.92 Å². The number of likely N-dealkylation sites (tertiary alicyclic amines) is 1. The summed E-state index contributed by atoms with van der Waals surface area (Å²) in [6.07, 6.45) is 5.96. The zero-order valence-electron chi connectivity index (χ0n) is 22.2. The van der Waals surface area contributed by atoms with Gasteiger partial charge in [0.1, 0.15) is 5.69 Å². The van der Waals surface area contributed by atoms with Crippen molar-refractivity contribution in [3.05, 3.63) is 95.8 Å². The van der Waals surface area contributed by atoms with Gasteiger partial charge in [0.2, 0.25) is 0 Å². The lowest BCUT2D eigenvalue weighted by atomic mass is 10.0. The fraction of sp³-hybridized carbons (Fsp3) is 0.300. The third kappa shape index (κ3) is 7.78. The molecule has 7 nitrogen and oxygen atoms in total. The van der Waals surface area contributed by atoms with Crippen molar-refractivity contribution in [1.82, 2.24) is 19.4 Å². The Morgan fingerprint density at radius 3 is 2.54 bits per heavy atom. The summed E-state index contributed by atoms with van der Waals surface area (Å²) >= 11 is 0. The number of hydrogen-bond acceptors (Lipinski definition) is 6. The quantitative estimate of drug-likeness (QED) is 0.299. The average Bonchev–Trinajstić information content (AvgIpc) is 3.39. The van der Waals surface area contributed by atoms with E-state index in [9.17, 15) is 13.6 Å². The number of alkyl halides is 2. The zero-order chi connectivity index (χ0) is 27.8. The molecule has 0 radical (unpaired) electrons. The first kappa shape index (κ1) is 28.1. The fourth-order valence-corrected chi connectivity index (χ4v) is 4.63. The molecular formula is C30H34F2N6O. The molecule has 2 aromatic heterocycles. The smallest absolute Gasteiger partial charge is 0.263 e. The lowest BCUT2D eigenvalue weighted by Crippen LogP contribution is -2.42. The molecule has 39 heavy (non-hydrogen) atoms. The van der Waals surface area contributed by atoms with Gasteiger partial charge in [-0.25, -0.2) is 13.8 Å². The first-order valence-corrected chi connectivity index (χ1v) is 12.9. The van der Waals surface area contributed by atoms with Crippen molar-refractivity contribution in [2.75, 3.05) is 25.5 Å². The van der Waals surface area contributed by atoms with E-state index in [1.54, 1.807) is 24.3 Å².